The monoisotopic (exact) mass is 201 g/mol. The second-order valence-electron chi connectivity index (χ2n) is 3.27. The van der Waals surface area contributed by atoms with Gasteiger partial charge in [0.15, 0.2) is 0 Å². The Balaban J connectivity index is 2.27. The van der Waals surface area contributed by atoms with E-state index in [1.54, 1.807) is 42.6 Å². The van der Waals surface area contributed by atoms with E-state index >= 15 is 0 Å². The summed E-state index contributed by atoms with van der Waals surface area (Å²) >= 11 is 0. The Labute approximate surface area is 87.4 Å². The topological polar surface area (TPSA) is 53.1 Å². The van der Waals surface area contributed by atoms with Gasteiger partial charge in [0.25, 0.3) is 0 Å². The van der Waals surface area contributed by atoms with Gasteiger partial charge in [-0.25, -0.2) is 0 Å². The second-order valence-corrected chi connectivity index (χ2v) is 3.27. The summed E-state index contributed by atoms with van der Waals surface area (Å²) in [6, 6.07) is 10.5. The van der Waals surface area contributed by atoms with Crippen molar-refractivity contribution in [2.45, 2.75) is 6.61 Å². The van der Waals surface area contributed by atoms with Crippen molar-refractivity contribution < 1.29 is 9.90 Å². The standard InChI is InChI=1S/C12H11NO2/c14-8-9-3-5-10(6-4-9)12(15)11-2-1-7-13-11/h1-7,13-14H,8H2. The molecule has 0 aliphatic carbocycles. The third-order valence-electron chi connectivity index (χ3n) is 2.24. The van der Waals surface area contributed by atoms with Crippen LogP contribution in [0.4, 0.5) is 0 Å². The lowest BCUT2D eigenvalue weighted by Crippen LogP contribution is -2.01. The van der Waals surface area contributed by atoms with Gasteiger partial charge in [0.2, 0.25) is 5.78 Å². The molecule has 0 aliphatic rings. The highest BCUT2D eigenvalue weighted by molar-refractivity contribution is 6.07. The number of benzene rings is 1. The van der Waals surface area contributed by atoms with Crippen molar-refractivity contribution in [3.63, 3.8) is 0 Å². The highest BCUT2D eigenvalue weighted by Gasteiger charge is 2.08. The number of ketones is 1. The zero-order chi connectivity index (χ0) is 10.7. The molecule has 1 aromatic heterocycles. The molecule has 0 atom stereocenters. The van der Waals surface area contributed by atoms with E-state index in [0.29, 0.717) is 11.3 Å². The summed E-state index contributed by atoms with van der Waals surface area (Å²) in [5, 5.41) is 8.86. The first-order chi connectivity index (χ1) is 7.31. The van der Waals surface area contributed by atoms with E-state index in [9.17, 15) is 4.79 Å². The van der Waals surface area contributed by atoms with E-state index in [2.05, 4.69) is 4.98 Å². The summed E-state index contributed by atoms with van der Waals surface area (Å²) < 4.78 is 0. The molecule has 0 amide bonds. The van der Waals surface area contributed by atoms with Crippen LogP contribution in [-0.4, -0.2) is 15.9 Å². The Bertz CT molecular complexity index is 443. The van der Waals surface area contributed by atoms with Gasteiger partial charge in [0.05, 0.1) is 12.3 Å². The van der Waals surface area contributed by atoms with Crippen LogP contribution in [0.1, 0.15) is 21.6 Å². The molecule has 76 valence electrons. The minimum absolute atomic E-state index is 0.00300. The smallest absolute Gasteiger partial charge is 0.209 e. The van der Waals surface area contributed by atoms with Crippen LogP contribution in [-0.2, 0) is 6.61 Å². The van der Waals surface area contributed by atoms with Crippen LogP contribution in [0, 0.1) is 0 Å². The minimum atomic E-state index is -0.0375. The van der Waals surface area contributed by atoms with E-state index in [0.717, 1.165) is 5.56 Å². The Morgan fingerprint density at radius 3 is 2.47 bits per heavy atom. The Kier molecular flexibility index (Phi) is 2.65. The molecule has 3 nitrogen and oxygen atoms in total. The molecule has 0 fully saturated rings. The number of aromatic nitrogens is 1. The zero-order valence-electron chi connectivity index (χ0n) is 8.10. The van der Waals surface area contributed by atoms with Gasteiger partial charge < -0.3 is 10.1 Å². The van der Waals surface area contributed by atoms with E-state index in [-0.39, 0.29) is 12.4 Å². The van der Waals surface area contributed by atoms with Crippen LogP contribution in [0.3, 0.4) is 0 Å². The fourth-order valence-electron chi connectivity index (χ4n) is 1.39. The molecule has 0 saturated heterocycles. The second kappa shape index (κ2) is 4.11. The molecule has 0 saturated carbocycles. The predicted molar refractivity (Wildman–Crippen MR) is 56.6 cm³/mol. The normalized spacial score (nSPS) is 10.2. The summed E-state index contributed by atoms with van der Waals surface area (Å²) in [5.74, 6) is -0.0375. The first-order valence-electron chi connectivity index (χ1n) is 4.69. The lowest BCUT2D eigenvalue weighted by molar-refractivity contribution is 0.103. The summed E-state index contributed by atoms with van der Waals surface area (Å²) in [4.78, 5) is 14.7. The summed E-state index contributed by atoms with van der Waals surface area (Å²) in [6.45, 7) is -0.00300. The van der Waals surface area contributed by atoms with Crippen LogP contribution in [0.25, 0.3) is 0 Å². The van der Waals surface area contributed by atoms with E-state index < -0.39 is 0 Å². The van der Waals surface area contributed by atoms with Crippen molar-refractivity contribution in [3.05, 3.63) is 59.4 Å². The molecule has 15 heavy (non-hydrogen) atoms. The maximum absolute atomic E-state index is 11.8. The number of nitrogens with one attached hydrogen (secondary N) is 1. The number of carbonyl (C=O) groups is 1. The molecule has 1 heterocycles. The predicted octanol–water partition coefficient (Wildman–Crippen LogP) is 1.74. The maximum Gasteiger partial charge on any atom is 0.209 e. The average molecular weight is 201 g/mol. The largest absolute Gasteiger partial charge is 0.392 e. The van der Waals surface area contributed by atoms with Gasteiger partial charge >= 0.3 is 0 Å². The molecule has 3 heteroatoms. The SMILES string of the molecule is O=C(c1ccc(CO)cc1)c1ccc[nH]1. The van der Waals surface area contributed by atoms with Gasteiger partial charge in [0, 0.05) is 11.8 Å². The molecule has 1 aromatic carbocycles. The third-order valence-corrected chi connectivity index (χ3v) is 2.24. The highest BCUT2D eigenvalue weighted by Crippen LogP contribution is 2.09. The Morgan fingerprint density at radius 1 is 1.20 bits per heavy atom. The summed E-state index contributed by atoms with van der Waals surface area (Å²) in [7, 11) is 0. The number of carbonyl (C=O) groups excluding carboxylic acids is 1. The van der Waals surface area contributed by atoms with E-state index in [4.69, 9.17) is 5.11 Å². The van der Waals surface area contributed by atoms with Gasteiger partial charge in [0.1, 0.15) is 0 Å². The summed E-state index contributed by atoms with van der Waals surface area (Å²) in [6.07, 6.45) is 1.72. The molecular weight excluding hydrogens is 190 g/mol. The number of aliphatic hydroxyl groups is 1. The number of hydrogen-bond donors (Lipinski definition) is 2. The van der Waals surface area contributed by atoms with Crippen molar-refractivity contribution in [2.75, 3.05) is 0 Å². The van der Waals surface area contributed by atoms with Crippen molar-refractivity contribution in [3.8, 4) is 0 Å². The van der Waals surface area contributed by atoms with Crippen molar-refractivity contribution in [1.82, 2.24) is 4.98 Å². The lowest BCUT2D eigenvalue weighted by atomic mass is 10.1. The van der Waals surface area contributed by atoms with Crippen molar-refractivity contribution in [1.29, 1.82) is 0 Å². The quantitative estimate of drug-likeness (QED) is 0.743. The van der Waals surface area contributed by atoms with E-state index in [1.165, 1.54) is 0 Å². The molecule has 0 spiro atoms. The molecule has 2 aromatic rings. The minimum Gasteiger partial charge on any atom is -0.392 e. The lowest BCUT2D eigenvalue weighted by Gasteiger charge is -2.00. The third kappa shape index (κ3) is 1.97. The van der Waals surface area contributed by atoms with Crippen LogP contribution in [0.5, 0.6) is 0 Å². The number of rotatable bonds is 3. The fourth-order valence-corrected chi connectivity index (χ4v) is 1.39. The number of hydrogen-bond acceptors (Lipinski definition) is 2. The first-order valence-corrected chi connectivity index (χ1v) is 4.69. The van der Waals surface area contributed by atoms with Crippen molar-refractivity contribution >= 4 is 5.78 Å². The van der Waals surface area contributed by atoms with Crippen molar-refractivity contribution in [2.24, 2.45) is 0 Å². The highest BCUT2D eigenvalue weighted by atomic mass is 16.3. The molecule has 0 aliphatic heterocycles. The maximum atomic E-state index is 11.8. The number of aliphatic hydroxyl groups excluding tert-OH is 1. The molecule has 0 unspecified atom stereocenters. The zero-order valence-corrected chi connectivity index (χ0v) is 8.10. The molecule has 0 bridgehead atoms. The molecule has 0 radical (unpaired) electrons. The van der Waals surface area contributed by atoms with Gasteiger partial charge in [-0.1, -0.05) is 24.3 Å². The summed E-state index contributed by atoms with van der Waals surface area (Å²) in [5.41, 5.74) is 2.00. The Hall–Kier alpha value is -1.87. The van der Waals surface area contributed by atoms with E-state index in [1.807, 2.05) is 0 Å². The molecular formula is C12H11NO2. The fraction of sp³-hybridized carbons (Fsp3) is 0.0833. The van der Waals surface area contributed by atoms with Gasteiger partial charge in [-0.05, 0) is 17.7 Å². The van der Waals surface area contributed by atoms with Gasteiger partial charge in [-0.15, -0.1) is 0 Å². The van der Waals surface area contributed by atoms with Gasteiger partial charge in [-0.2, -0.15) is 0 Å². The van der Waals surface area contributed by atoms with Crippen LogP contribution >= 0.6 is 0 Å². The molecule has 2 N–H and O–H groups in total. The number of H-pyrrole nitrogens is 1. The van der Waals surface area contributed by atoms with Crippen LogP contribution < -0.4 is 0 Å². The average Bonchev–Trinajstić information content (AvgIpc) is 2.82. The first kappa shape index (κ1) is 9.68. The molecule has 2 rings (SSSR count). The Morgan fingerprint density at radius 2 is 1.93 bits per heavy atom. The number of aromatic amines is 1. The van der Waals surface area contributed by atoms with Crippen LogP contribution in [0.15, 0.2) is 42.6 Å². The van der Waals surface area contributed by atoms with Crippen LogP contribution in [0.2, 0.25) is 0 Å². The van der Waals surface area contributed by atoms with Gasteiger partial charge in [-0.3, -0.25) is 4.79 Å².